The van der Waals surface area contributed by atoms with E-state index in [1.807, 2.05) is 0 Å². The van der Waals surface area contributed by atoms with E-state index >= 15 is 0 Å². The number of fused-ring (bicyclic) bond motifs is 1. The number of ether oxygens (including phenoxy) is 1. The van der Waals surface area contributed by atoms with Crippen molar-refractivity contribution in [3.63, 3.8) is 0 Å². The number of benzene rings is 1. The van der Waals surface area contributed by atoms with Crippen LogP contribution in [0.3, 0.4) is 0 Å². The Labute approximate surface area is 128 Å². The molecule has 1 aromatic rings. The van der Waals surface area contributed by atoms with E-state index in [4.69, 9.17) is 10.5 Å². The van der Waals surface area contributed by atoms with Crippen molar-refractivity contribution in [3.8, 4) is 5.75 Å². The molecule has 1 heterocycles. The van der Waals surface area contributed by atoms with Crippen LogP contribution in [0.5, 0.6) is 5.75 Å². The lowest BCUT2D eigenvalue weighted by atomic mass is 9.74. The molecule has 0 radical (unpaired) electrons. The molecule has 1 aliphatic heterocycles. The molecule has 0 saturated carbocycles. The summed E-state index contributed by atoms with van der Waals surface area (Å²) in [7, 11) is 1.75. The number of nitrogens with zero attached hydrogens (tertiary/aromatic N) is 1. The third kappa shape index (κ3) is 2.58. The summed E-state index contributed by atoms with van der Waals surface area (Å²) in [5.41, 5.74) is 9.24. The van der Waals surface area contributed by atoms with Crippen molar-refractivity contribution in [3.05, 3.63) is 29.3 Å². The summed E-state index contributed by atoms with van der Waals surface area (Å²) in [5, 5.41) is 0. The molecule has 1 unspecified atom stereocenters. The lowest BCUT2D eigenvalue weighted by Crippen LogP contribution is -2.55. The molecule has 1 aliphatic carbocycles. The van der Waals surface area contributed by atoms with E-state index < -0.39 is 0 Å². The van der Waals surface area contributed by atoms with Crippen molar-refractivity contribution >= 4 is 0 Å². The fraction of sp³-hybridized carbons (Fsp3) is 0.667. The van der Waals surface area contributed by atoms with Gasteiger partial charge in [0.25, 0.3) is 0 Å². The fourth-order valence-corrected chi connectivity index (χ4v) is 4.15. The Balaban J connectivity index is 1.99. The first kappa shape index (κ1) is 14.9. The molecule has 0 bridgehead atoms. The number of likely N-dealkylation sites (tertiary alicyclic amines) is 1. The van der Waals surface area contributed by atoms with Crippen molar-refractivity contribution in [1.29, 1.82) is 0 Å². The van der Waals surface area contributed by atoms with Gasteiger partial charge in [-0.2, -0.15) is 0 Å². The van der Waals surface area contributed by atoms with Gasteiger partial charge in [-0.25, -0.2) is 0 Å². The van der Waals surface area contributed by atoms with E-state index in [0.717, 1.165) is 11.7 Å². The molecule has 21 heavy (non-hydrogen) atoms. The minimum Gasteiger partial charge on any atom is -0.497 e. The summed E-state index contributed by atoms with van der Waals surface area (Å²) in [4.78, 5) is 2.66. The van der Waals surface area contributed by atoms with Crippen LogP contribution in [-0.4, -0.2) is 31.6 Å². The number of nitrogens with two attached hydrogens (primary N) is 1. The van der Waals surface area contributed by atoms with Crippen LogP contribution in [0.1, 0.15) is 43.7 Å². The smallest absolute Gasteiger partial charge is 0.119 e. The highest BCUT2D eigenvalue weighted by molar-refractivity contribution is 5.42. The molecule has 0 aromatic heterocycles. The molecule has 3 heteroatoms. The first-order valence-electron chi connectivity index (χ1n) is 8.32. The maximum atomic E-state index is 6.33. The Morgan fingerprint density at radius 3 is 2.76 bits per heavy atom. The van der Waals surface area contributed by atoms with E-state index in [1.54, 1.807) is 7.11 Å². The molecule has 116 valence electrons. The third-order valence-corrected chi connectivity index (χ3v) is 5.58. The van der Waals surface area contributed by atoms with Crippen molar-refractivity contribution in [2.75, 3.05) is 26.7 Å². The Kier molecular flexibility index (Phi) is 4.23. The van der Waals surface area contributed by atoms with Crippen molar-refractivity contribution in [2.45, 2.75) is 44.6 Å². The molecule has 1 aromatic carbocycles. The average Bonchev–Trinajstić information content (AvgIpc) is 2.54. The minimum atomic E-state index is 0.0300. The van der Waals surface area contributed by atoms with E-state index in [9.17, 15) is 0 Å². The maximum Gasteiger partial charge on any atom is 0.119 e. The number of methoxy groups -OCH3 is 1. The number of hydrogen-bond acceptors (Lipinski definition) is 3. The number of aryl methyl sites for hydroxylation is 1. The predicted molar refractivity (Wildman–Crippen MR) is 86.6 cm³/mol. The van der Waals surface area contributed by atoms with Gasteiger partial charge in [0.2, 0.25) is 0 Å². The molecule has 2 aliphatic rings. The standard InChI is InChI=1S/C18H28N2O/c1-14-7-10-20(11-8-14)18(13-19)9-3-4-15-5-6-16(21-2)12-17(15)18/h5-6,12,14H,3-4,7-11,13,19H2,1-2H3. The van der Waals surface area contributed by atoms with Crippen LogP contribution in [-0.2, 0) is 12.0 Å². The zero-order valence-corrected chi connectivity index (χ0v) is 13.4. The van der Waals surface area contributed by atoms with Crippen LogP contribution in [0.2, 0.25) is 0 Å². The molecule has 0 amide bonds. The van der Waals surface area contributed by atoms with Gasteiger partial charge in [-0.3, -0.25) is 4.90 Å². The highest BCUT2D eigenvalue weighted by Crippen LogP contribution is 2.42. The summed E-state index contributed by atoms with van der Waals surface area (Å²) in [6.45, 7) is 5.43. The minimum absolute atomic E-state index is 0.0300. The van der Waals surface area contributed by atoms with E-state index in [2.05, 4.69) is 30.0 Å². The summed E-state index contributed by atoms with van der Waals surface area (Å²) in [5.74, 6) is 1.81. The Bertz CT molecular complexity index is 494. The Morgan fingerprint density at radius 1 is 1.33 bits per heavy atom. The second-order valence-corrected chi connectivity index (χ2v) is 6.78. The van der Waals surface area contributed by atoms with Gasteiger partial charge >= 0.3 is 0 Å². The van der Waals surface area contributed by atoms with Gasteiger partial charge in [-0.05, 0) is 74.4 Å². The second kappa shape index (κ2) is 5.98. The molecule has 1 atom stereocenters. The van der Waals surface area contributed by atoms with Crippen LogP contribution >= 0.6 is 0 Å². The summed E-state index contributed by atoms with van der Waals surface area (Å²) in [6, 6.07) is 6.56. The fourth-order valence-electron chi connectivity index (χ4n) is 4.15. The van der Waals surface area contributed by atoms with Crippen molar-refractivity contribution in [2.24, 2.45) is 11.7 Å². The third-order valence-electron chi connectivity index (χ3n) is 5.58. The van der Waals surface area contributed by atoms with E-state index in [1.165, 1.54) is 56.3 Å². The van der Waals surface area contributed by atoms with Gasteiger partial charge in [-0.1, -0.05) is 13.0 Å². The highest BCUT2D eigenvalue weighted by atomic mass is 16.5. The van der Waals surface area contributed by atoms with Gasteiger partial charge in [0.05, 0.1) is 12.6 Å². The van der Waals surface area contributed by atoms with Crippen LogP contribution in [0, 0.1) is 5.92 Å². The Hall–Kier alpha value is -1.06. The summed E-state index contributed by atoms with van der Waals surface area (Å²) < 4.78 is 5.46. The zero-order chi connectivity index (χ0) is 14.9. The quantitative estimate of drug-likeness (QED) is 0.929. The lowest BCUT2D eigenvalue weighted by Gasteiger charge is -2.49. The summed E-state index contributed by atoms with van der Waals surface area (Å²) >= 11 is 0. The molecule has 1 fully saturated rings. The molecular weight excluding hydrogens is 260 g/mol. The normalized spacial score (nSPS) is 27.4. The van der Waals surface area contributed by atoms with Crippen LogP contribution in [0.4, 0.5) is 0 Å². The number of hydrogen-bond donors (Lipinski definition) is 1. The molecule has 0 spiro atoms. The molecule has 1 saturated heterocycles. The van der Waals surface area contributed by atoms with E-state index in [-0.39, 0.29) is 5.54 Å². The van der Waals surface area contributed by atoms with Gasteiger partial charge in [-0.15, -0.1) is 0 Å². The second-order valence-electron chi connectivity index (χ2n) is 6.78. The predicted octanol–water partition coefficient (Wildman–Crippen LogP) is 2.92. The SMILES string of the molecule is COc1ccc2c(c1)C(CN)(N1CCC(C)CC1)CCC2. The number of rotatable bonds is 3. The highest BCUT2D eigenvalue weighted by Gasteiger charge is 2.41. The van der Waals surface area contributed by atoms with Crippen LogP contribution < -0.4 is 10.5 Å². The van der Waals surface area contributed by atoms with Crippen LogP contribution in [0.15, 0.2) is 18.2 Å². The largest absolute Gasteiger partial charge is 0.497 e. The number of piperidine rings is 1. The van der Waals surface area contributed by atoms with Gasteiger partial charge < -0.3 is 10.5 Å². The topological polar surface area (TPSA) is 38.5 Å². The average molecular weight is 288 g/mol. The zero-order valence-electron chi connectivity index (χ0n) is 13.4. The van der Waals surface area contributed by atoms with Crippen LogP contribution in [0.25, 0.3) is 0 Å². The van der Waals surface area contributed by atoms with Crippen molar-refractivity contribution in [1.82, 2.24) is 4.90 Å². The molecular formula is C18H28N2O. The maximum absolute atomic E-state index is 6.33. The summed E-state index contributed by atoms with van der Waals surface area (Å²) in [6.07, 6.45) is 6.17. The first-order valence-corrected chi connectivity index (χ1v) is 8.32. The van der Waals surface area contributed by atoms with Gasteiger partial charge in [0, 0.05) is 6.54 Å². The molecule has 3 nitrogen and oxygen atoms in total. The monoisotopic (exact) mass is 288 g/mol. The lowest BCUT2D eigenvalue weighted by molar-refractivity contribution is 0.0413. The molecule has 3 rings (SSSR count). The first-order chi connectivity index (χ1) is 10.2. The van der Waals surface area contributed by atoms with Crippen molar-refractivity contribution < 1.29 is 4.74 Å². The Morgan fingerprint density at radius 2 is 2.10 bits per heavy atom. The van der Waals surface area contributed by atoms with Gasteiger partial charge in [0.15, 0.2) is 0 Å². The van der Waals surface area contributed by atoms with Gasteiger partial charge in [0.1, 0.15) is 5.75 Å². The van der Waals surface area contributed by atoms with E-state index in [0.29, 0.717) is 6.54 Å². The molecule has 2 N–H and O–H groups in total.